The maximum Gasteiger partial charge on any atom is 0.302 e. The predicted molar refractivity (Wildman–Crippen MR) is 124 cm³/mol. The van der Waals surface area contributed by atoms with E-state index in [1.807, 2.05) is 18.2 Å². The van der Waals surface area contributed by atoms with Crippen LogP contribution in [0.1, 0.15) is 35.6 Å². The van der Waals surface area contributed by atoms with Gasteiger partial charge in [0, 0.05) is 33.8 Å². The number of methoxy groups -OCH3 is 4. The van der Waals surface area contributed by atoms with Crippen molar-refractivity contribution in [2.75, 3.05) is 55.4 Å². The molecule has 1 aliphatic rings. The first kappa shape index (κ1) is 26.6. The fourth-order valence-electron chi connectivity index (χ4n) is 3.79. The maximum absolute atomic E-state index is 11.4. The molecule has 1 aliphatic heterocycles. The third-order valence-corrected chi connectivity index (χ3v) is 5.27. The van der Waals surface area contributed by atoms with Crippen LogP contribution >= 0.6 is 0 Å². The van der Waals surface area contributed by atoms with Crippen LogP contribution in [0.15, 0.2) is 30.3 Å². The number of esters is 1. The van der Waals surface area contributed by atoms with Gasteiger partial charge >= 0.3 is 5.97 Å². The average Bonchev–Trinajstić information content (AvgIpc) is 3.23. The summed E-state index contributed by atoms with van der Waals surface area (Å²) in [5, 5.41) is 0. The molecule has 0 bridgehead atoms. The van der Waals surface area contributed by atoms with E-state index in [0.29, 0.717) is 29.6 Å². The van der Waals surface area contributed by atoms with Gasteiger partial charge in [0.25, 0.3) is 0 Å². The van der Waals surface area contributed by atoms with Gasteiger partial charge in [-0.2, -0.15) is 0 Å². The van der Waals surface area contributed by atoms with Crippen LogP contribution < -0.4 is 18.9 Å². The van der Waals surface area contributed by atoms with Gasteiger partial charge in [-0.3, -0.25) is 4.79 Å². The van der Waals surface area contributed by atoms with Crippen molar-refractivity contribution in [1.82, 2.24) is 0 Å². The van der Waals surface area contributed by atoms with Crippen molar-refractivity contribution in [3.05, 3.63) is 47.0 Å². The first-order valence-corrected chi connectivity index (χ1v) is 11.0. The van der Waals surface area contributed by atoms with E-state index in [2.05, 4.69) is 0 Å². The van der Waals surface area contributed by atoms with E-state index in [1.165, 1.54) is 14.0 Å². The highest BCUT2D eigenvalue weighted by Gasteiger charge is 2.39. The van der Waals surface area contributed by atoms with Gasteiger partial charge in [0.05, 0.1) is 19.6 Å². The minimum absolute atomic E-state index is 0.0294. The van der Waals surface area contributed by atoms with E-state index >= 15 is 0 Å². The molecule has 2 aromatic carbocycles. The van der Waals surface area contributed by atoms with Gasteiger partial charge in [0.1, 0.15) is 19.5 Å². The number of fused-ring (bicyclic) bond motifs is 1. The Morgan fingerprint density at radius 3 is 2.26 bits per heavy atom. The van der Waals surface area contributed by atoms with Crippen LogP contribution in [0.3, 0.4) is 0 Å². The SMILES string of the molecule is COCOC[C@@H]1c2cc(COC(C)=O)cc(OCOC)c2O[C@H]1c1ccc(OCOC)c(OC)c1. The molecule has 0 aliphatic carbocycles. The summed E-state index contributed by atoms with van der Waals surface area (Å²) in [6, 6.07) is 9.29. The second-order valence-electron chi connectivity index (χ2n) is 7.73. The van der Waals surface area contributed by atoms with Crippen molar-refractivity contribution < 1.29 is 47.4 Å². The average molecular weight is 493 g/mol. The summed E-state index contributed by atoms with van der Waals surface area (Å²) >= 11 is 0. The van der Waals surface area contributed by atoms with Crippen LogP contribution in [0.5, 0.6) is 23.0 Å². The summed E-state index contributed by atoms with van der Waals surface area (Å²) in [5.74, 6) is 1.57. The van der Waals surface area contributed by atoms with Gasteiger partial charge in [-0.25, -0.2) is 0 Å². The van der Waals surface area contributed by atoms with Crippen molar-refractivity contribution in [2.24, 2.45) is 0 Å². The normalized spacial score (nSPS) is 16.4. The molecule has 3 rings (SSSR count). The standard InChI is InChI=1S/C25H32O10/c1-16(26)32-11-17-8-19-20(12-31-13-27-2)24(35-25(19)23(9-17)34-15-29-4)18-6-7-21(33-14-28-3)22(10-18)30-5/h6-10,20,24H,11-15H2,1-5H3/t20-,24+/m1/s1. The highest BCUT2D eigenvalue weighted by molar-refractivity contribution is 5.66. The van der Waals surface area contributed by atoms with Crippen molar-refractivity contribution in [2.45, 2.75) is 25.6 Å². The van der Waals surface area contributed by atoms with E-state index in [-0.39, 0.29) is 38.9 Å². The molecule has 10 nitrogen and oxygen atoms in total. The number of ether oxygens (including phenoxy) is 9. The van der Waals surface area contributed by atoms with E-state index in [4.69, 9.17) is 42.6 Å². The third kappa shape index (κ3) is 6.76. The van der Waals surface area contributed by atoms with Crippen molar-refractivity contribution >= 4 is 5.97 Å². The van der Waals surface area contributed by atoms with Crippen LogP contribution in [-0.2, 0) is 35.1 Å². The minimum Gasteiger partial charge on any atom is -0.493 e. The Kier molecular flexibility index (Phi) is 9.98. The lowest BCUT2D eigenvalue weighted by Gasteiger charge is -2.21. The number of hydrogen-bond acceptors (Lipinski definition) is 10. The molecule has 192 valence electrons. The molecule has 0 N–H and O–H groups in total. The summed E-state index contributed by atoms with van der Waals surface area (Å²) in [6.45, 7) is 2.04. The van der Waals surface area contributed by atoms with E-state index < -0.39 is 6.10 Å². The summed E-state index contributed by atoms with van der Waals surface area (Å²) in [6.07, 6.45) is -0.416. The fourth-order valence-corrected chi connectivity index (χ4v) is 3.79. The summed E-state index contributed by atoms with van der Waals surface area (Å²) in [5.41, 5.74) is 2.47. The molecule has 35 heavy (non-hydrogen) atoms. The molecule has 2 atom stereocenters. The van der Waals surface area contributed by atoms with Gasteiger partial charge in [0.2, 0.25) is 0 Å². The Bertz CT molecular complexity index is 977. The van der Waals surface area contributed by atoms with E-state index in [9.17, 15) is 4.79 Å². The number of hydrogen-bond donors (Lipinski definition) is 0. The summed E-state index contributed by atoms with van der Waals surface area (Å²) in [4.78, 5) is 11.4. The van der Waals surface area contributed by atoms with Crippen LogP contribution in [-0.4, -0.2) is 61.4 Å². The maximum atomic E-state index is 11.4. The summed E-state index contributed by atoms with van der Waals surface area (Å²) in [7, 11) is 6.22. The molecular formula is C25H32O10. The van der Waals surface area contributed by atoms with Crippen LogP contribution in [0.25, 0.3) is 0 Å². The topological polar surface area (TPSA) is 100 Å². The Morgan fingerprint density at radius 1 is 0.886 bits per heavy atom. The molecule has 0 amide bonds. The van der Waals surface area contributed by atoms with Crippen molar-refractivity contribution in [3.63, 3.8) is 0 Å². The van der Waals surface area contributed by atoms with E-state index in [0.717, 1.165) is 16.7 Å². The van der Waals surface area contributed by atoms with Gasteiger partial charge in [0.15, 0.2) is 36.6 Å². The van der Waals surface area contributed by atoms with Crippen molar-refractivity contribution in [1.29, 1.82) is 0 Å². The highest BCUT2D eigenvalue weighted by atomic mass is 16.7. The molecule has 0 unspecified atom stereocenters. The number of rotatable bonds is 14. The first-order chi connectivity index (χ1) is 17.0. The lowest BCUT2D eigenvalue weighted by atomic mass is 9.90. The third-order valence-electron chi connectivity index (χ3n) is 5.27. The van der Waals surface area contributed by atoms with Crippen molar-refractivity contribution in [3.8, 4) is 23.0 Å². The zero-order valence-corrected chi connectivity index (χ0v) is 20.7. The van der Waals surface area contributed by atoms with Gasteiger partial charge in [-0.15, -0.1) is 0 Å². The second kappa shape index (κ2) is 13.1. The van der Waals surface area contributed by atoms with E-state index in [1.54, 1.807) is 33.5 Å². The molecule has 0 saturated heterocycles. The molecule has 0 spiro atoms. The Balaban J connectivity index is 2.00. The highest BCUT2D eigenvalue weighted by Crippen LogP contribution is 2.52. The number of benzene rings is 2. The molecule has 1 heterocycles. The van der Waals surface area contributed by atoms with Gasteiger partial charge in [-0.1, -0.05) is 6.07 Å². The molecule has 2 aromatic rings. The van der Waals surface area contributed by atoms with Crippen LogP contribution in [0, 0.1) is 0 Å². The van der Waals surface area contributed by atoms with Gasteiger partial charge < -0.3 is 42.6 Å². The lowest BCUT2D eigenvalue weighted by Crippen LogP contribution is -2.16. The smallest absolute Gasteiger partial charge is 0.302 e. The Hall–Kier alpha value is -3.05. The largest absolute Gasteiger partial charge is 0.493 e. The first-order valence-electron chi connectivity index (χ1n) is 11.0. The quantitative estimate of drug-likeness (QED) is 0.221. The predicted octanol–water partition coefficient (Wildman–Crippen LogP) is 3.56. The molecule has 0 aromatic heterocycles. The summed E-state index contributed by atoms with van der Waals surface area (Å²) < 4.78 is 49.5. The molecule has 0 radical (unpaired) electrons. The second-order valence-corrected chi connectivity index (χ2v) is 7.73. The monoisotopic (exact) mass is 492 g/mol. The lowest BCUT2D eigenvalue weighted by molar-refractivity contribution is -0.142. The van der Waals surface area contributed by atoms with Crippen LogP contribution in [0.2, 0.25) is 0 Å². The fraction of sp³-hybridized carbons (Fsp3) is 0.480. The Morgan fingerprint density at radius 2 is 1.60 bits per heavy atom. The molecule has 0 fully saturated rings. The molecule has 10 heteroatoms. The van der Waals surface area contributed by atoms with Crippen LogP contribution in [0.4, 0.5) is 0 Å². The zero-order valence-electron chi connectivity index (χ0n) is 20.7. The number of carbonyl (C=O) groups excluding carboxylic acids is 1. The Labute approximate surface area is 204 Å². The number of carbonyl (C=O) groups is 1. The van der Waals surface area contributed by atoms with Gasteiger partial charge in [-0.05, 0) is 35.4 Å². The molecule has 0 saturated carbocycles. The molecular weight excluding hydrogens is 460 g/mol. The zero-order chi connectivity index (χ0) is 25.2. The minimum atomic E-state index is -0.416.